The number of benzene rings is 1. The average molecular weight is 260 g/mol. The third kappa shape index (κ3) is 3.00. The Bertz CT molecular complexity index is 471. The first-order valence-electron chi connectivity index (χ1n) is 7.02. The van der Waals surface area contributed by atoms with E-state index in [4.69, 9.17) is 4.74 Å². The van der Waals surface area contributed by atoms with E-state index in [0.29, 0.717) is 6.54 Å². The topological polar surface area (TPSA) is 50.4 Å². The lowest BCUT2D eigenvalue weighted by molar-refractivity contribution is -0.128. The fraction of sp³-hybridized carbons (Fsp3) is 0.533. The molecule has 2 atom stereocenters. The van der Waals surface area contributed by atoms with E-state index in [1.165, 1.54) is 12.8 Å². The molecule has 2 N–H and O–H groups in total. The van der Waals surface area contributed by atoms with Crippen molar-refractivity contribution in [2.24, 2.45) is 5.92 Å². The Morgan fingerprint density at radius 2 is 2.26 bits per heavy atom. The molecule has 1 heterocycles. The van der Waals surface area contributed by atoms with Gasteiger partial charge in [-0.15, -0.1) is 0 Å². The first kappa shape index (κ1) is 12.3. The van der Waals surface area contributed by atoms with Crippen molar-refractivity contribution in [3.05, 3.63) is 24.3 Å². The third-order valence-corrected chi connectivity index (χ3v) is 3.70. The Morgan fingerprint density at radius 3 is 3.05 bits per heavy atom. The Balaban J connectivity index is 1.56. The van der Waals surface area contributed by atoms with Gasteiger partial charge in [-0.1, -0.05) is 25.0 Å². The quantitative estimate of drug-likeness (QED) is 0.872. The molecule has 1 amide bonds. The van der Waals surface area contributed by atoms with Crippen molar-refractivity contribution in [3.63, 3.8) is 0 Å². The highest BCUT2D eigenvalue weighted by Gasteiger charge is 2.28. The van der Waals surface area contributed by atoms with E-state index < -0.39 is 6.10 Å². The lowest BCUT2D eigenvalue weighted by Crippen LogP contribution is -2.47. The zero-order valence-electron chi connectivity index (χ0n) is 11.2. The summed E-state index contributed by atoms with van der Waals surface area (Å²) in [5.74, 6) is 1.56. The van der Waals surface area contributed by atoms with Gasteiger partial charge in [0.05, 0.1) is 12.2 Å². The number of ether oxygens (including phenoxy) is 1. The van der Waals surface area contributed by atoms with Gasteiger partial charge in [-0.2, -0.15) is 0 Å². The van der Waals surface area contributed by atoms with Crippen LogP contribution in [-0.4, -0.2) is 24.6 Å². The van der Waals surface area contributed by atoms with Gasteiger partial charge in [-0.05, 0) is 31.4 Å². The van der Waals surface area contributed by atoms with Crippen molar-refractivity contribution >= 4 is 11.6 Å². The molecule has 1 aliphatic heterocycles. The van der Waals surface area contributed by atoms with E-state index in [2.05, 4.69) is 17.6 Å². The fourth-order valence-electron chi connectivity index (χ4n) is 2.51. The van der Waals surface area contributed by atoms with Crippen molar-refractivity contribution in [2.75, 3.05) is 11.9 Å². The summed E-state index contributed by atoms with van der Waals surface area (Å²) >= 11 is 0. The molecule has 1 aliphatic carbocycles. The molecule has 0 spiro atoms. The third-order valence-electron chi connectivity index (χ3n) is 3.70. The molecule has 2 unspecified atom stereocenters. The van der Waals surface area contributed by atoms with E-state index in [9.17, 15) is 4.79 Å². The van der Waals surface area contributed by atoms with Crippen LogP contribution in [-0.2, 0) is 4.79 Å². The second kappa shape index (κ2) is 5.11. The van der Waals surface area contributed by atoms with Crippen LogP contribution in [0.3, 0.4) is 0 Å². The molecule has 0 aromatic heterocycles. The first-order valence-corrected chi connectivity index (χ1v) is 7.02. The summed E-state index contributed by atoms with van der Waals surface area (Å²) in [5.41, 5.74) is 0.956. The maximum absolute atomic E-state index is 12.1. The number of carbonyl (C=O) groups is 1. The van der Waals surface area contributed by atoms with Crippen LogP contribution in [0.25, 0.3) is 0 Å². The molecule has 0 bridgehead atoms. The molecule has 3 rings (SSSR count). The largest absolute Gasteiger partial charge is 0.477 e. The minimum atomic E-state index is -0.434. The van der Waals surface area contributed by atoms with Crippen molar-refractivity contribution in [3.8, 4) is 5.75 Å². The lowest BCUT2D eigenvalue weighted by atomic mass is 10.1. The normalized spacial score (nSPS) is 22.7. The van der Waals surface area contributed by atoms with Gasteiger partial charge >= 0.3 is 0 Å². The number of rotatable bonds is 4. The molecule has 19 heavy (non-hydrogen) atoms. The molecule has 1 saturated carbocycles. The maximum atomic E-state index is 12.1. The molecule has 1 aromatic rings. The summed E-state index contributed by atoms with van der Waals surface area (Å²) in [7, 11) is 0. The van der Waals surface area contributed by atoms with Gasteiger partial charge < -0.3 is 15.4 Å². The molecular weight excluding hydrogens is 240 g/mol. The van der Waals surface area contributed by atoms with Crippen molar-refractivity contribution in [1.82, 2.24) is 5.32 Å². The number of anilines is 1. The molecular formula is C15H20N2O2. The summed E-state index contributed by atoms with van der Waals surface area (Å²) in [5, 5.41) is 6.28. The molecule has 0 radical (unpaired) electrons. The van der Waals surface area contributed by atoms with Gasteiger partial charge in [-0.25, -0.2) is 0 Å². The molecule has 0 saturated heterocycles. The molecule has 102 valence electrons. The monoisotopic (exact) mass is 260 g/mol. The van der Waals surface area contributed by atoms with Crippen molar-refractivity contribution in [2.45, 2.75) is 38.3 Å². The summed E-state index contributed by atoms with van der Waals surface area (Å²) in [6.45, 7) is 2.60. The molecule has 4 heteroatoms. The summed E-state index contributed by atoms with van der Waals surface area (Å²) in [6, 6.07) is 7.94. The summed E-state index contributed by atoms with van der Waals surface area (Å²) < 4.78 is 5.74. The zero-order valence-corrected chi connectivity index (χ0v) is 11.2. The second-order valence-electron chi connectivity index (χ2n) is 5.57. The number of fused-ring (bicyclic) bond motifs is 1. The van der Waals surface area contributed by atoms with Gasteiger partial charge in [0, 0.05) is 6.04 Å². The standard InChI is InChI=1S/C15H20N2O2/c1-10(8-11-6-7-11)17-15(18)14-9-16-12-4-2-3-5-13(12)19-14/h2-5,10-11,14,16H,6-9H2,1H3,(H,17,18). The van der Waals surface area contributed by atoms with E-state index in [-0.39, 0.29) is 11.9 Å². The van der Waals surface area contributed by atoms with E-state index in [1.54, 1.807) is 0 Å². The predicted molar refractivity (Wildman–Crippen MR) is 74.3 cm³/mol. The van der Waals surface area contributed by atoms with Crippen LogP contribution < -0.4 is 15.4 Å². The second-order valence-corrected chi connectivity index (χ2v) is 5.57. The average Bonchev–Trinajstić information content (AvgIpc) is 3.21. The minimum Gasteiger partial charge on any atom is -0.477 e. The van der Waals surface area contributed by atoms with Gasteiger partial charge in [0.15, 0.2) is 6.10 Å². The van der Waals surface area contributed by atoms with Gasteiger partial charge in [0.2, 0.25) is 0 Å². The van der Waals surface area contributed by atoms with E-state index >= 15 is 0 Å². The Labute approximate surface area is 113 Å². The molecule has 1 fully saturated rings. The highest BCUT2D eigenvalue weighted by molar-refractivity contribution is 5.83. The Kier molecular flexibility index (Phi) is 3.32. The number of para-hydroxylation sites is 2. The maximum Gasteiger partial charge on any atom is 0.263 e. The first-order chi connectivity index (χ1) is 9.22. The van der Waals surface area contributed by atoms with Crippen molar-refractivity contribution < 1.29 is 9.53 Å². The summed E-state index contributed by atoms with van der Waals surface area (Å²) in [4.78, 5) is 12.1. The van der Waals surface area contributed by atoms with Crippen LogP contribution in [0.2, 0.25) is 0 Å². The smallest absolute Gasteiger partial charge is 0.263 e. The van der Waals surface area contributed by atoms with Crippen LogP contribution in [0, 0.1) is 5.92 Å². The van der Waals surface area contributed by atoms with E-state index in [1.807, 2.05) is 24.3 Å². The molecule has 1 aromatic carbocycles. The van der Waals surface area contributed by atoms with Gasteiger partial charge in [-0.3, -0.25) is 4.79 Å². The number of amides is 1. The molecule has 2 aliphatic rings. The molecule has 4 nitrogen and oxygen atoms in total. The number of carbonyl (C=O) groups excluding carboxylic acids is 1. The Morgan fingerprint density at radius 1 is 1.47 bits per heavy atom. The number of hydrogen-bond acceptors (Lipinski definition) is 3. The van der Waals surface area contributed by atoms with Gasteiger partial charge in [0.1, 0.15) is 5.75 Å². The number of nitrogens with one attached hydrogen (secondary N) is 2. The minimum absolute atomic E-state index is 0.0184. The number of hydrogen-bond donors (Lipinski definition) is 2. The van der Waals surface area contributed by atoms with Crippen LogP contribution >= 0.6 is 0 Å². The van der Waals surface area contributed by atoms with Crippen LogP contribution in [0.1, 0.15) is 26.2 Å². The van der Waals surface area contributed by atoms with Crippen LogP contribution in [0.5, 0.6) is 5.75 Å². The van der Waals surface area contributed by atoms with E-state index in [0.717, 1.165) is 23.8 Å². The van der Waals surface area contributed by atoms with Gasteiger partial charge in [0.25, 0.3) is 5.91 Å². The van der Waals surface area contributed by atoms with Crippen molar-refractivity contribution in [1.29, 1.82) is 0 Å². The highest BCUT2D eigenvalue weighted by atomic mass is 16.5. The van der Waals surface area contributed by atoms with Crippen LogP contribution in [0.4, 0.5) is 5.69 Å². The highest BCUT2D eigenvalue weighted by Crippen LogP contribution is 2.33. The fourth-order valence-corrected chi connectivity index (χ4v) is 2.51. The van der Waals surface area contributed by atoms with Crippen LogP contribution in [0.15, 0.2) is 24.3 Å². The SMILES string of the molecule is CC(CC1CC1)NC(=O)C1CNc2ccccc2O1. The Hall–Kier alpha value is -1.71. The lowest BCUT2D eigenvalue weighted by Gasteiger charge is -2.27. The summed E-state index contributed by atoms with van der Waals surface area (Å²) in [6.07, 6.45) is 3.28. The predicted octanol–water partition coefficient (Wildman–Crippen LogP) is 2.16. The zero-order chi connectivity index (χ0) is 13.2.